The van der Waals surface area contributed by atoms with E-state index in [2.05, 4.69) is 13.8 Å². The zero-order valence-electron chi connectivity index (χ0n) is 16.2. The van der Waals surface area contributed by atoms with Crippen LogP contribution in [0.1, 0.15) is 72.1 Å². The highest BCUT2D eigenvalue weighted by atomic mass is 16.5. The van der Waals surface area contributed by atoms with Crippen molar-refractivity contribution in [2.24, 2.45) is 46.8 Å². The van der Waals surface area contributed by atoms with Crippen molar-refractivity contribution in [2.75, 3.05) is 7.11 Å². The van der Waals surface area contributed by atoms with Gasteiger partial charge in [0.25, 0.3) is 0 Å². The summed E-state index contributed by atoms with van der Waals surface area (Å²) in [6, 6.07) is 0. The molecule has 0 bridgehead atoms. The van der Waals surface area contributed by atoms with Gasteiger partial charge in [0.1, 0.15) is 0 Å². The fourth-order valence-corrected chi connectivity index (χ4v) is 8.14. The van der Waals surface area contributed by atoms with E-state index in [9.17, 15) is 5.11 Å². The maximum Gasteiger partial charge on any atom is 0.0605 e. The van der Waals surface area contributed by atoms with Crippen LogP contribution in [0.4, 0.5) is 0 Å². The summed E-state index contributed by atoms with van der Waals surface area (Å²) in [7, 11) is 1.95. The largest absolute Gasteiger partial charge is 0.393 e. The van der Waals surface area contributed by atoms with Gasteiger partial charge in [0.05, 0.1) is 12.2 Å². The van der Waals surface area contributed by atoms with Crippen molar-refractivity contribution in [3.8, 4) is 0 Å². The lowest BCUT2D eigenvalue weighted by molar-refractivity contribution is -0.133. The van der Waals surface area contributed by atoms with E-state index in [0.717, 1.165) is 35.5 Å². The molecule has 0 saturated heterocycles. The van der Waals surface area contributed by atoms with Gasteiger partial charge in [-0.3, -0.25) is 0 Å². The van der Waals surface area contributed by atoms with Crippen molar-refractivity contribution in [1.82, 2.24) is 0 Å². The van der Waals surface area contributed by atoms with Gasteiger partial charge in [0.15, 0.2) is 0 Å². The predicted molar refractivity (Wildman–Crippen MR) is 97.6 cm³/mol. The highest BCUT2D eigenvalue weighted by molar-refractivity contribution is 5.08. The quantitative estimate of drug-likeness (QED) is 0.778. The molecular formula is C22H38O2. The highest BCUT2D eigenvalue weighted by Crippen LogP contribution is 2.65. The van der Waals surface area contributed by atoms with Crippen LogP contribution in [0.2, 0.25) is 0 Å². The van der Waals surface area contributed by atoms with Gasteiger partial charge in [0, 0.05) is 7.11 Å². The summed E-state index contributed by atoms with van der Waals surface area (Å²) in [5, 5.41) is 10.3. The number of ether oxygens (including phenoxy) is 1. The van der Waals surface area contributed by atoms with Crippen molar-refractivity contribution in [2.45, 2.75) is 84.3 Å². The first kappa shape index (κ1) is 17.3. The molecule has 1 N–H and O–H groups in total. The van der Waals surface area contributed by atoms with Crippen LogP contribution in [-0.2, 0) is 4.74 Å². The Morgan fingerprint density at radius 1 is 0.958 bits per heavy atom. The normalized spacial score (nSPS) is 55.4. The summed E-state index contributed by atoms with van der Waals surface area (Å²) in [5.74, 6) is 5.77. The molecule has 24 heavy (non-hydrogen) atoms. The van der Waals surface area contributed by atoms with E-state index in [-0.39, 0.29) is 6.10 Å². The van der Waals surface area contributed by atoms with Gasteiger partial charge in [-0.05, 0) is 98.7 Å². The van der Waals surface area contributed by atoms with E-state index < -0.39 is 0 Å². The van der Waals surface area contributed by atoms with E-state index in [1.165, 1.54) is 51.4 Å². The maximum atomic E-state index is 10.3. The average Bonchev–Trinajstić information content (AvgIpc) is 2.91. The number of hydrogen-bond acceptors (Lipinski definition) is 2. The van der Waals surface area contributed by atoms with Crippen molar-refractivity contribution in [3.63, 3.8) is 0 Å². The van der Waals surface area contributed by atoms with Crippen LogP contribution in [0.5, 0.6) is 0 Å². The molecule has 0 aromatic carbocycles. The SMILES string of the molecule is COC1CC2C(CCC3(C)C(C(C)O)CCC23)C2CCC(C)CC12. The van der Waals surface area contributed by atoms with Crippen LogP contribution in [0.3, 0.4) is 0 Å². The average molecular weight is 335 g/mol. The number of aliphatic hydroxyl groups excluding tert-OH is 1. The maximum absolute atomic E-state index is 10.3. The van der Waals surface area contributed by atoms with Crippen LogP contribution in [0.15, 0.2) is 0 Å². The number of aliphatic hydroxyl groups is 1. The van der Waals surface area contributed by atoms with Gasteiger partial charge < -0.3 is 9.84 Å². The smallest absolute Gasteiger partial charge is 0.0605 e. The second-order valence-electron chi connectivity index (χ2n) is 10.2. The van der Waals surface area contributed by atoms with Crippen LogP contribution in [-0.4, -0.2) is 24.4 Å². The number of hydrogen-bond donors (Lipinski definition) is 1. The van der Waals surface area contributed by atoms with Crippen molar-refractivity contribution >= 4 is 0 Å². The summed E-state index contributed by atoms with van der Waals surface area (Å²) in [5.41, 5.74) is 0.377. The van der Waals surface area contributed by atoms with E-state index >= 15 is 0 Å². The molecule has 2 heteroatoms. The Hall–Kier alpha value is -0.0800. The zero-order chi connectivity index (χ0) is 17.1. The molecule has 4 saturated carbocycles. The molecular weight excluding hydrogens is 296 g/mol. The lowest BCUT2D eigenvalue weighted by atomic mass is 9.48. The Labute approximate surface area is 148 Å². The molecule has 10 unspecified atom stereocenters. The first-order valence-corrected chi connectivity index (χ1v) is 10.7. The molecule has 2 nitrogen and oxygen atoms in total. The third-order valence-electron chi connectivity index (χ3n) is 9.20. The van der Waals surface area contributed by atoms with Crippen LogP contribution < -0.4 is 0 Å². The summed E-state index contributed by atoms with van der Waals surface area (Å²) in [4.78, 5) is 0. The molecule has 0 radical (unpaired) electrons. The van der Waals surface area contributed by atoms with Gasteiger partial charge in [0.2, 0.25) is 0 Å². The van der Waals surface area contributed by atoms with Crippen molar-refractivity contribution < 1.29 is 9.84 Å². The highest BCUT2D eigenvalue weighted by Gasteiger charge is 2.59. The lowest BCUT2D eigenvalue weighted by Crippen LogP contribution is -2.53. The molecule has 4 fully saturated rings. The number of rotatable bonds is 2. The summed E-state index contributed by atoms with van der Waals surface area (Å²) in [6.07, 6.45) is 11.3. The van der Waals surface area contributed by atoms with Gasteiger partial charge in [-0.1, -0.05) is 20.3 Å². The third-order valence-corrected chi connectivity index (χ3v) is 9.20. The Morgan fingerprint density at radius 2 is 1.71 bits per heavy atom. The second-order valence-corrected chi connectivity index (χ2v) is 10.2. The lowest BCUT2D eigenvalue weighted by Gasteiger charge is -2.58. The molecule has 0 aromatic rings. The number of methoxy groups -OCH3 is 1. The second kappa shape index (κ2) is 6.27. The minimum Gasteiger partial charge on any atom is -0.393 e. The summed E-state index contributed by atoms with van der Waals surface area (Å²) >= 11 is 0. The van der Waals surface area contributed by atoms with Crippen molar-refractivity contribution in [3.05, 3.63) is 0 Å². The summed E-state index contributed by atoms with van der Waals surface area (Å²) in [6.45, 7) is 6.98. The van der Waals surface area contributed by atoms with E-state index in [4.69, 9.17) is 4.74 Å². The van der Waals surface area contributed by atoms with E-state index in [1.807, 2.05) is 14.0 Å². The molecule has 138 valence electrons. The monoisotopic (exact) mass is 334 g/mol. The molecule has 0 heterocycles. The Bertz CT molecular complexity index is 461. The van der Waals surface area contributed by atoms with Gasteiger partial charge in [-0.2, -0.15) is 0 Å². The van der Waals surface area contributed by atoms with E-state index in [0.29, 0.717) is 17.4 Å². The Balaban J connectivity index is 1.60. The third kappa shape index (κ3) is 2.50. The fraction of sp³-hybridized carbons (Fsp3) is 1.00. The topological polar surface area (TPSA) is 29.5 Å². The first-order chi connectivity index (χ1) is 11.5. The molecule has 4 rings (SSSR count). The van der Waals surface area contributed by atoms with Crippen LogP contribution in [0.25, 0.3) is 0 Å². The van der Waals surface area contributed by atoms with Crippen molar-refractivity contribution in [1.29, 1.82) is 0 Å². The molecule has 4 aliphatic rings. The predicted octanol–water partition coefficient (Wildman–Crippen LogP) is 4.90. The molecule has 0 amide bonds. The van der Waals surface area contributed by atoms with Gasteiger partial charge >= 0.3 is 0 Å². The fourth-order valence-electron chi connectivity index (χ4n) is 8.14. The first-order valence-electron chi connectivity index (χ1n) is 10.7. The molecule has 0 aromatic heterocycles. The number of fused-ring (bicyclic) bond motifs is 5. The Kier molecular flexibility index (Phi) is 4.53. The zero-order valence-corrected chi connectivity index (χ0v) is 16.2. The minimum atomic E-state index is -0.137. The van der Waals surface area contributed by atoms with Crippen LogP contribution in [0, 0.1) is 46.8 Å². The molecule has 0 spiro atoms. The van der Waals surface area contributed by atoms with Crippen LogP contribution >= 0.6 is 0 Å². The van der Waals surface area contributed by atoms with Gasteiger partial charge in [-0.25, -0.2) is 0 Å². The molecule has 0 aliphatic heterocycles. The summed E-state index contributed by atoms with van der Waals surface area (Å²) < 4.78 is 6.06. The van der Waals surface area contributed by atoms with E-state index in [1.54, 1.807) is 0 Å². The Morgan fingerprint density at radius 3 is 2.42 bits per heavy atom. The van der Waals surface area contributed by atoms with Gasteiger partial charge in [-0.15, -0.1) is 0 Å². The minimum absolute atomic E-state index is 0.137. The molecule has 10 atom stereocenters. The standard InChI is InChI=1S/C22H38O2/c1-13-5-6-15-16-9-10-22(3)19(14(2)23)7-8-20(22)17(16)12-21(24-4)18(15)11-13/h13-21,23H,5-12H2,1-4H3. The molecule has 4 aliphatic carbocycles.